The number of aryl methyl sites for hydroxylation is 1. The van der Waals surface area contributed by atoms with Crippen molar-refractivity contribution in [2.75, 3.05) is 13.2 Å². The van der Waals surface area contributed by atoms with Crippen LogP contribution in [-0.4, -0.2) is 30.1 Å². The molecule has 6 nitrogen and oxygen atoms in total. The van der Waals surface area contributed by atoms with Gasteiger partial charge in [0, 0.05) is 17.3 Å². The number of esters is 2. The first-order chi connectivity index (χ1) is 18.5. The molecular weight excluding hydrogens is 478 g/mol. The summed E-state index contributed by atoms with van der Waals surface area (Å²) in [6.07, 6.45) is 8.92. The van der Waals surface area contributed by atoms with Crippen LogP contribution in [0.4, 0.5) is 0 Å². The van der Waals surface area contributed by atoms with E-state index in [0.29, 0.717) is 30.1 Å². The molecule has 0 aliphatic heterocycles. The third-order valence-corrected chi connectivity index (χ3v) is 5.95. The largest absolute Gasteiger partial charge is 0.494 e. The molecule has 200 valence electrons. The van der Waals surface area contributed by atoms with Gasteiger partial charge in [0.15, 0.2) is 0 Å². The molecule has 3 rings (SSSR count). The summed E-state index contributed by atoms with van der Waals surface area (Å²) in [5.74, 6) is 0.458. The van der Waals surface area contributed by atoms with Crippen molar-refractivity contribution < 1.29 is 23.8 Å². The predicted octanol–water partition coefficient (Wildman–Crippen LogP) is 7.37. The number of carbonyl (C=O) groups excluding carboxylic acids is 2. The molecule has 1 heterocycles. The van der Waals surface area contributed by atoms with Crippen LogP contribution >= 0.6 is 0 Å². The van der Waals surface area contributed by atoms with Crippen molar-refractivity contribution in [3.05, 3.63) is 90.1 Å². The molecule has 0 amide bonds. The van der Waals surface area contributed by atoms with Crippen LogP contribution < -0.4 is 9.47 Å². The van der Waals surface area contributed by atoms with E-state index in [0.717, 1.165) is 62.0 Å². The molecule has 3 aromatic rings. The van der Waals surface area contributed by atoms with Gasteiger partial charge in [-0.25, -0.2) is 9.59 Å². The summed E-state index contributed by atoms with van der Waals surface area (Å²) >= 11 is 0. The number of unbranched alkanes of at least 4 members (excludes halogenated alkanes) is 4. The van der Waals surface area contributed by atoms with Crippen LogP contribution in [0.1, 0.15) is 68.3 Å². The Morgan fingerprint density at radius 1 is 0.816 bits per heavy atom. The standard InChI is InChI=1S/C32H37NO5/c1-4-10-25-11-20-30(33-23-25)26-12-18-29(19-13-26)38-32(35)27-14-16-28(17-15-27)36-21-8-6-5-7-9-22-37-31(34)24(2)3/h11-20,23H,2,4-10,21-22H2,1,3H3. The van der Waals surface area contributed by atoms with Crippen LogP contribution in [0.5, 0.6) is 11.5 Å². The first kappa shape index (κ1) is 28.6. The zero-order valence-corrected chi connectivity index (χ0v) is 22.4. The van der Waals surface area contributed by atoms with Gasteiger partial charge in [-0.3, -0.25) is 4.98 Å². The van der Waals surface area contributed by atoms with Crippen molar-refractivity contribution in [3.63, 3.8) is 0 Å². The second kappa shape index (κ2) is 15.4. The average molecular weight is 516 g/mol. The molecular formula is C32H37NO5. The summed E-state index contributed by atoms with van der Waals surface area (Å²) in [7, 11) is 0. The van der Waals surface area contributed by atoms with Crippen LogP contribution in [0, 0.1) is 0 Å². The van der Waals surface area contributed by atoms with E-state index in [1.54, 1.807) is 43.3 Å². The minimum Gasteiger partial charge on any atom is -0.494 e. The number of ether oxygens (including phenoxy) is 3. The molecule has 1 aromatic heterocycles. The normalized spacial score (nSPS) is 10.6. The zero-order valence-electron chi connectivity index (χ0n) is 22.4. The van der Waals surface area contributed by atoms with E-state index in [4.69, 9.17) is 14.2 Å². The van der Waals surface area contributed by atoms with Crippen molar-refractivity contribution >= 4 is 11.9 Å². The van der Waals surface area contributed by atoms with Gasteiger partial charge in [0.05, 0.1) is 24.5 Å². The zero-order chi connectivity index (χ0) is 27.2. The minimum atomic E-state index is -0.416. The molecule has 0 saturated carbocycles. The van der Waals surface area contributed by atoms with Gasteiger partial charge in [0.25, 0.3) is 0 Å². The first-order valence-corrected chi connectivity index (χ1v) is 13.3. The summed E-state index contributed by atoms with van der Waals surface area (Å²) in [5.41, 5.74) is 3.98. The fourth-order valence-electron chi connectivity index (χ4n) is 3.79. The Morgan fingerprint density at radius 3 is 2.11 bits per heavy atom. The van der Waals surface area contributed by atoms with Crippen molar-refractivity contribution in [2.24, 2.45) is 0 Å². The van der Waals surface area contributed by atoms with Crippen molar-refractivity contribution in [3.8, 4) is 22.8 Å². The summed E-state index contributed by atoms with van der Waals surface area (Å²) < 4.78 is 16.4. The molecule has 0 fully saturated rings. The second-order valence-corrected chi connectivity index (χ2v) is 9.27. The number of nitrogens with zero attached hydrogens (tertiary/aromatic N) is 1. The minimum absolute atomic E-state index is 0.325. The lowest BCUT2D eigenvalue weighted by atomic mass is 10.1. The summed E-state index contributed by atoms with van der Waals surface area (Å²) in [6, 6.07) is 18.5. The molecule has 38 heavy (non-hydrogen) atoms. The highest BCUT2D eigenvalue weighted by molar-refractivity contribution is 5.91. The molecule has 0 atom stereocenters. The summed E-state index contributed by atoms with van der Waals surface area (Å²) in [4.78, 5) is 28.4. The van der Waals surface area contributed by atoms with E-state index in [2.05, 4.69) is 24.6 Å². The molecule has 0 saturated heterocycles. The van der Waals surface area contributed by atoms with Crippen LogP contribution in [0.3, 0.4) is 0 Å². The molecule has 0 N–H and O–H groups in total. The number of rotatable bonds is 15. The van der Waals surface area contributed by atoms with E-state index in [1.165, 1.54) is 5.56 Å². The van der Waals surface area contributed by atoms with E-state index >= 15 is 0 Å². The number of hydrogen-bond acceptors (Lipinski definition) is 6. The highest BCUT2D eigenvalue weighted by Crippen LogP contribution is 2.22. The van der Waals surface area contributed by atoms with E-state index in [1.807, 2.05) is 24.4 Å². The molecule has 0 aliphatic carbocycles. The van der Waals surface area contributed by atoms with E-state index in [9.17, 15) is 9.59 Å². The monoisotopic (exact) mass is 515 g/mol. The quantitative estimate of drug-likeness (QED) is 0.0910. The summed E-state index contributed by atoms with van der Waals surface area (Å²) in [5, 5.41) is 0. The lowest BCUT2D eigenvalue weighted by Crippen LogP contribution is -2.08. The molecule has 6 heteroatoms. The average Bonchev–Trinajstić information content (AvgIpc) is 2.93. The number of benzene rings is 2. The molecule has 0 unspecified atom stereocenters. The fraction of sp³-hybridized carbons (Fsp3) is 0.344. The van der Waals surface area contributed by atoms with Gasteiger partial charge in [-0.1, -0.05) is 45.3 Å². The smallest absolute Gasteiger partial charge is 0.343 e. The Kier molecular flexibility index (Phi) is 11.6. The van der Waals surface area contributed by atoms with Crippen LogP contribution in [0.15, 0.2) is 79.0 Å². The Hall–Kier alpha value is -3.93. The highest BCUT2D eigenvalue weighted by atomic mass is 16.5. The number of carbonyl (C=O) groups is 2. The predicted molar refractivity (Wildman–Crippen MR) is 149 cm³/mol. The van der Waals surface area contributed by atoms with Crippen LogP contribution in [0.25, 0.3) is 11.3 Å². The van der Waals surface area contributed by atoms with Gasteiger partial charge >= 0.3 is 11.9 Å². The van der Waals surface area contributed by atoms with Gasteiger partial charge in [0.1, 0.15) is 11.5 Å². The van der Waals surface area contributed by atoms with E-state index in [-0.39, 0.29) is 5.97 Å². The third kappa shape index (κ3) is 9.51. The van der Waals surface area contributed by atoms with Gasteiger partial charge in [-0.05, 0) is 86.3 Å². The lowest BCUT2D eigenvalue weighted by Gasteiger charge is -2.08. The van der Waals surface area contributed by atoms with Crippen molar-refractivity contribution in [2.45, 2.75) is 58.8 Å². The highest BCUT2D eigenvalue weighted by Gasteiger charge is 2.10. The molecule has 2 aromatic carbocycles. The molecule has 0 aliphatic rings. The topological polar surface area (TPSA) is 74.7 Å². The Labute approximate surface area is 225 Å². The van der Waals surface area contributed by atoms with Crippen molar-refractivity contribution in [1.82, 2.24) is 4.98 Å². The molecule has 0 radical (unpaired) electrons. The van der Waals surface area contributed by atoms with Gasteiger partial charge in [0.2, 0.25) is 0 Å². The maximum atomic E-state index is 12.5. The summed E-state index contributed by atoms with van der Waals surface area (Å²) in [6.45, 7) is 8.41. The van der Waals surface area contributed by atoms with Crippen LogP contribution in [0.2, 0.25) is 0 Å². The molecule has 0 bridgehead atoms. The van der Waals surface area contributed by atoms with Gasteiger partial charge in [-0.2, -0.15) is 0 Å². The number of aromatic nitrogens is 1. The Balaban J connectivity index is 1.35. The number of pyridine rings is 1. The maximum Gasteiger partial charge on any atom is 0.343 e. The third-order valence-electron chi connectivity index (χ3n) is 5.95. The van der Waals surface area contributed by atoms with Gasteiger partial charge in [-0.15, -0.1) is 0 Å². The lowest BCUT2D eigenvalue weighted by molar-refractivity contribution is -0.139. The number of hydrogen-bond donors (Lipinski definition) is 0. The SMILES string of the molecule is C=C(C)C(=O)OCCCCCCCOc1ccc(C(=O)Oc2ccc(-c3ccc(CCC)cn3)cc2)cc1. The van der Waals surface area contributed by atoms with Gasteiger partial charge < -0.3 is 14.2 Å². The maximum absolute atomic E-state index is 12.5. The van der Waals surface area contributed by atoms with Crippen molar-refractivity contribution in [1.29, 1.82) is 0 Å². The second-order valence-electron chi connectivity index (χ2n) is 9.27. The Morgan fingerprint density at radius 2 is 1.47 bits per heavy atom. The fourth-order valence-corrected chi connectivity index (χ4v) is 3.79. The molecule has 0 spiro atoms. The van der Waals surface area contributed by atoms with E-state index < -0.39 is 5.97 Å². The first-order valence-electron chi connectivity index (χ1n) is 13.3. The Bertz CT molecular complexity index is 1170. The van der Waals surface area contributed by atoms with Crippen LogP contribution in [-0.2, 0) is 16.0 Å².